The first-order valence-corrected chi connectivity index (χ1v) is 8.00. The van der Waals surface area contributed by atoms with Gasteiger partial charge in [-0.25, -0.2) is 13.1 Å². The molecule has 1 aromatic rings. The van der Waals surface area contributed by atoms with E-state index >= 15 is 0 Å². The molecule has 0 fully saturated rings. The Kier molecular flexibility index (Phi) is 6.09. The second-order valence-electron chi connectivity index (χ2n) is 4.80. The van der Waals surface area contributed by atoms with Crippen LogP contribution in [-0.4, -0.2) is 33.1 Å². The topological polar surface area (TPSA) is 98.5 Å². The summed E-state index contributed by atoms with van der Waals surface area (Å²) in [4.78, 5) is 9.89. The molecule has 118 valence electrons. The molecule has 0 saturated heterocycles. The summed E-state index contributed by atoms with van der Waals surface area (Å²) in [6, 6.07) is 2.92. The van der Waals surface area contributed by atoms with E-state index in [0.717, 1.165) is 6.07 Å². The van der Waals surface area contributed by atoms with E-state index in [1.165, 1.54) is 19.2 Å². The van der Waals surface area contributed by atoms with Gasteiger partial charge in [0, 0.05) is 19.2 Å². The highest BCUT2D eigenvalue weighted by Crippen LogP contribution is 2.27. The van der Waals surface area contributed by atoms with Crippen molar-refractivity contribution in [2.24, 2.45) is 5.92 Å². The number of nitro groups is 1. The highest BCUT2D eigenvalue weighted by Gasteiger charge is 2.25. The molecular weight excluding hydrogens is 320 g/mol. The Morgan fingerprint density at radius 1 is 1.43 bits per heavy atom. The Labute approximate surface area is 128 Å². The van der Waals surface area contributed by atoms with Crippen LogP contribution in [0.25, 0.3) is 0 Å². The van der Waals surface area contributed by atoms with Crippen molar-refractivity contribution in [2.75, 3.05) is 13.7 Å². The number of nitro benzene ring substituents is 1. The van der Waals surface area contributed by atoms with Crippen LogP contribution in [0.3, 0.4) is 0 Å². The zero-order valence-electron chi connectivity index (χ0n) is 11.9. The number of hydrogen-bond acceptors (Lipinski definition) is 5. The largest absolute Gasteiger partial charge is 0.383 e. The van der Waals surface area contributed by atoms with Crippen molar-refractivity contribution >= 4 is 27.3 Å². The third-order valence-electron chi connectivity index (χ3n) is 2.88. The van der Waals surface area contributed by atoms with Crippen LogP contribution in [0.1, 0.15) is 13.8 Å². The Morgan fingerprint density at radius 2 is 2.05 bits per heavy atom. The lowest BCUT2D eigenvalue weighted by Crippen LogP contribution is -2.41. The third-order valence-corrected chi connectivity index (χ3v) is 4.69. The molecule has 0 amide bonds. The molecule has 1 unspecified atom stereocenters. The van der Waals surface area contributed by atoms with Crippen LogP contribution >= 0.6 is 11.6 Å². The second-order valence-corrected chi connectivity index (χ2v) is 6.92. The summed E-state index contributed by atoms with van der Waals surface area (Å²) in [6.45, 7) is 3.89. The first kappa shape index (κ1) is 17.8. The van der Waals surface area contributed by atoms with Gasteiger partial charge in [-0.3, -0.25) is 10.1 Å². The van der Waals surface area contributed by atoms with E-state index in [1.807, 2.05) is 13.8 Å². The van der Waals surface area contributed by atoms with E-state index in [9.17, 15) is 18.5 Å². The Balaban J connectivity index is 3.13. The molecule has 1 aromatic carbocycles. The normalized spacial score (nSPS) is 13.4. The lowest BCUT2D eigenvalue weighted by Gasteiger charge is -2.21. The number of nitrogens with one attached hydrogen (secondary N) is 1. The molecule has 0 aromatic heterocycles. The fourth-order valence-electron chi connectivity index (χ4n) is 1.61. The van der Waals surface area contributed by atoms with Crippen molar-refractivity contribution < 1.29 is 18.1 Å². The standard InChI is InChI=1S/C12H17ClN2O5S/c1-8(2)11(7-20-3)14-21(18,19)9-4-5-10(13)12(6-9)15(16)17/h4-6,8,11,14H,7H2,1-3H3. The number of nitrogens with zero attached hydrogens (tertiary/aromatic N) is 1. The minimum atomic E-state index is -3.89. The van der Waals surface area contributed by atoms with Crippen molar-refractivity contribution in [1.29, 1.82) is 0 Å². The molecule has 1 atom stereocenters. The molecule has 0 bridgehead atoms. The SMILES string of the molecule is COCC(NS(=O)(=O)c1ccc(Cl)c([N+](=O)[O-])c1)C(C)C. The summed E-state index contributed by atoms with van der Waals surface area (Å²) in [5.41, 5.74) is -0.451. The van der Waals surface area contributed by atoms with Crippen molar-refractivity contribution in [1.82, 2.24) is 4.72 Å². The number of methoxy groups -OCH3 is 1. The van der Waals surface area contributed by atoms with E-state index in [2.05, 4.69) is 4.72 Å². The monoisotopic (exact) mass is 336 g/mol. The average molecular weight is 337 g/mol. The molecule has 21 heavy (non-hydrogen) atoms. The van der Waals surface area contributed by atoms with Crippen LogP contribution in [0, 0.1) is 16.0 Å². The van der Waals surface area contributed by atoms with Crippen molar-refractivity contribution in [3.63, 3.8) is 0 Å². The summed E-state index contributed by atoms with van der Waals surface area (Å²) in [5, 5.41) is 10.7. The molecule has 0 aliphatic rings. The van der Waals surface area contributed by atoms with Crippen LogP contribution in [0.4, 0.5) is 5.69 Å². The van der Waals surface area contributed by atoms with Crippen LogP contribution in [0.5, 0.6) is 0 Å². The molecule has 0 aliphatic heterocycles. The van der Waals surface area contributed by atoms with Gasteiger partial charge in [-0.15, -0.1) is 0 Å². The van der Waals surface area contributed by atoms with E-state index in [4.69, 9.17) is 16.3 Å². The second kappa shape index (κ2) is 7.17. The van der Waals surface area contributed by atoms with Crippen molar-refractivity contribution in [3.8, 4) is 0 Å². The quantitative estimate of drug-likeness (QED) is 0.608. The molecule has 0 saturated carbocycles. The molecule has 0 aliphatic carbocycles. The maximum Gasteiger partial charge on any atom is 0.289 e. The average Bonchev–Trinajstić information content (AvgIpc) is 2.37. The summed E-state index contributed by atoms with van der Waals surface area (Å²) in [7, 11) is -2.42. The molecule has 7 nitrogen and oxygen atoms in total. The number of ether oxygens (including phenoxy) is 1. The number of hydrogen-bond donors (Lipinski definition) is 1. The van der Waals surface area contributed by atoms with Gasteiger partial charge in [0.1, 0.15) is 5.02 Å². The lowest BCUT2D eigenvalue weighted by atomic mass is 10.1. The van der Waals surface area contributed by atoms with E-state index in [-0.39, 0.29) is 22.4 Å². The van der Waals surface area contributed by atoms with Gasteiger partial charge in [0.05, 0.1) is 16.4 Å². The minimum Gasteiger partial charge on any atom is -0.383 e. The first-order chi connectivity index (χ1) is 9.69. The maximum absolute atomic E-state index is 12.3. The first-order valence-electron chi connectivity index (χ1n) is 6.14. The van der Waals surface area contributed by atoms with Crippen molar-refractivity contribution in [3.05, 3.63) is 33.3 Å². The molecule has 9 heteroatoms. The maximum atomic E-state index is 12.3. The lowest BCUT2D eigenvalue weighted by molar-refractivity contribution is -0.384. The summed E-state index contributed by atoms with van der Waals surface area (Å²) < 4.78 is 32.0. The fourth-order valence-corrected chi connectivity index (χ4v) is 3.18. The summed E-state index contributed by atoms with van der Waals surface area (Å²) >= 11 is 5.67. The number of benzene rings is 1. The van der Waals surface area contributed by atoms with E-state index in [0.29, 0.717) is 0 Å². The molecule has 0 heterocycles. The number of halogens is 1. The zero-order chi connectivity index (χ0) is 16.2. The van der Waals surface area contributed by atoms with Gasteiger partial charge in [-0.1, -0.05) is 25.4 Å². The fraction of sp³-hybridized carbons (Fsp3) is 0.500. The van der Waals surface area contributed by atoms with Crippen LogP contribution in [-0.2, 0) is 14.8 Å². The predicted molar refractivity (Wildman–Crippen MR) is 78.9 cm³/mol. The Bertz CT molecular complexity index is 618. The Hall–Kier alpha value is -1.22. The Morgan fingerprint density at radius 3 is 2.52 bits per heavy atom. The van der Waals surface area contributed by atoms with Crippen LogP contribution in [0.15, 0.2) is 23.1 Å². The molecular formula is C12H17ClN2O5S. The summed E-state index contributed by atoms with van der Waals surface area (Å²) in [6.07, 6.45) is 0. The highest BCUT2D eigenvalue weighted by atomic mass is 35.5. The van der Waals surface area contributed by atoms with Gasteiger partial charge in [0.2, 0.25) is 10.0 Å². The van der Waals surface area contributed by atoms with Gasteiger partial charge in [0.25, 0.3) is 5.69 Å². The zero-order valence-corrected chi connectivity index (χ0v) is 13.4. The van der Waals surface area contributed by atoms with Gasteiger partial charge < -0.3 is 4.74 Å². The summed E-state index contributed by atoms with van der Waals surface area (Å²) in [5.74, 6) is 0.00186. The smallest absolute Gasteiger partial charge is 0.289 e. The highest BCUT2D eigenvalue weighted by molar-refractivity contribution is 7.89. The van der Waals surface area contributed by atoms with Crippen LogP contribution < -0.4 is 4.72 Å². The molecule has 1 N–H and O–H groups in total. The van der Waals surface area contributed by atoms with Gasteiger partial charge in [-0.05, 0) is 18.1 Å². The van der Waals surface area contributed by atoms with Crippen LogP contribution in [0.2, 0.25) is 5.02 Å². The number of sulfonamides is 1. The van der Waals surface area contributed by atoms with E-state index < -0.39 is 26.7 Å². The van der Waals surface area contributed by atoms with Gasteiger partial charge in [0.15, 0.2) is 0 Å². The predicted octanol–water partition coefficient (Wildman–Crippen LogP) is 2.20. The van der Waals surface area contributed by atoms with Gasteiger partial charge >= 0.3 is 0 Å². The molecule has 1 rings (SSSR count). The minimum absolute atomic E-state index is 0.00186. The number of rotatable bonds is 7. The molecule has 0 radical (unpaired) electrons. The van der Waals surface area contributed by atoms with Crippen molar-refractivity contribution in [2.45, 2.75) is 24.8 Å². The van der Waals surface area contributed by atoms with E-state index in [1.54, 1.807) is 0 Å². The molecule has 0 spiro atoms. The van der Waals surface area contributed by atoms with Gasteiger partial charge in [-0.2, -0.15) is 0 Å². The third kappa shape index (κ3) is 4.63.